The summed E-state index contributed by atoms with van der Waals surface area (Å²) >= 11 is 0. The molecule has 3 aromatic rings. The van der Waals surface area contributed by atoms with Crippen molar-refractivity contribution in [2.45, 2.75) is 6.54 Å². The molecule has 0 bridgehead atoms. The fourth-order valence-electron chi connectivity index (χ4n) is 2.57. The van der Waals surface area contributed by atoms with Gasteiger partial charge in [0.2, 0.25) is 5.95 Å². The molecule has 0 fully saturated rings. The normalized spacial score (nSPS) is 10.4. The van der Waals surface area contributed by atoms with Gasteiger partial charge in [-0.3, -0.25) is 14.8 Å². The molecule has 0 aliphatic heterocycles. The number of ether oxygens (including phenoxy) is 1. The maximum atomic E-state index is 10.8. The maximum Gasteiger partial charge on any atom is 0.307 e. The van der Waals surface area contributed by atoms with Gasteiger partial charge in [0, 0.05) is 11.1 Å². The van der Waals surface area contributed by atoms with Crippen LogP contribution >= 0.6 is 0 Å². The summed E-state index contributed by atoms with van der Waals surface area (Å²) < 4.78 is 6.75. The Labute approximate surface area is 153 Å². The first kappa shape index (κ1) is 17.6. The van der Waals surface area contributed by atoms with Gasteiger partial charge in [-0.2, -0.15) is 15.3 Å². The van der Waals surface area contributed by atoms with Crippen molar-refractivity contribution in [3.8, 4) is 23.1 Å². The number of anilines is 2. The average molecular weight is 366 g/mol. The first-order valence-corrected chi connectivity index (χ1v) is 7.60. The van der Waals surface area contributed by atoms with Gasteiger partial charge in [0.25, 0.3) is 0 Å². The van der Waals surface area contributed by atoms with Gasteiger partial charge in [-0.15, -0.1) is 0 Å². The standard InChI is InChI=1S/C16H14N8O3/c1-27-13-3-2-9(14-12(5-17)15(18)22-16(19)21-14)4-10(13)7-23-8-11(6-20-23)24(25)26/h2-4,6,8H,7H2,1H3,(H4,18,19,21,22). The number of hydrogen-bond donors (Lipinski definition) is 2. The molecule has 0 amide bonds. The van der Waals surface area contributed by atoms with Crippen molar-refractivity contribution in [2.75, 3.05) is 18.6 Å². The smallest absolute Gasteiger partial charge is 0.307 e. The zero-order valence-corrected chi connectivity index (χ0v) is 14.2. The minimum absolute atomic E-state index is 0.0138. The summed E-state index contributed by atoms with van der Waals surface area (Å²) in [4.78, 5) is 18.2. The van der Waals surface area contributed by atoms with Crippen LogP contribution in [0.3, 0.4) is 0 Å². The molecule has 4 N–H and O–H groups in total. The molecule has 11 heteroatoms. The summed E-state index contributed by atoms with van der Waals surface area (Å²) in [5.41, 5.74) is 12.9. The molecule has 0 saturated heterocycles. The molecule has 0 saturated carbocycles. The topological polar surface area (TPSA) is 172 Å². The van der Waals surface area contributed by atoms with Crippen molar-refractivity contribution in [1.29, 1.82) is 5.26 Å². The summed E-state index contributed by atoms with van der Waals surface area (Å²) in [6, 6.07) is 7.10. The molecule has 3 rings (SSSR count). The molecule has 2 aromatic heterocycles. The Morgan fingerprint density at radius 2 is 2.15 bits per heavy atom. The fourth-order valence-corrected chi connectivity index (χ4v) is 2.57. The minimum atomic E-state index is -0.525. The Kier molecular flexibility index (Phi) is 4.54. The van der Waals surface area contributed by atoms with E-state index in [2.05, 4.69) is 15.1 Å². The van der Waals surface area contributed by atoms with E-state index in [4.69, 9.17) is 16.2 Å². The number of nitrogen functional groups attached to an aromatic ring is 2. The Hall–Kier alpha value is -4.20. The second-order valence-electron chi connectivity index (χ2n) is 5.48. The highest BCUT2D eigenvalue weighted by Gasteiger charge is 2.16. The van der Waals surface area contributed by atoms with Gasteiger partial charge in [0.1, 0.15) is 35.6 Å². The fraction of sp³-hybridized carbons (Fsp3) is 0.125. The Morgan fingerprint density at radius 1 is 1.37 bits per heavy atom. The lowest BCUT2D eigenvalue weighted by Crippen LogP contribution is -2.06. The third-order valence-corrected chi connectivity index (χ3v) is 3.78. The molecule has 1 aromatic carbocycles. The number of aromatic nitrogens is 4. The molecule has 136 valence electrons. The van der Waals surface area contributed by atoms with E-state index in [0.29, 0.717) is 16.9 Å². The number of nitro groups is 1. The van der Waals surface area contributed by atoms with Gasteiger partial charge in [-0.05, 0) is 18.2 Å². The molecule has 0 aliphatic carbocycles. The largest absolute Gasteiger partial charge is 0.496 e. The van der Waals surface area contributed by atoms with Crippen LogP contribution in [0, 0.1) is 21.4 Å². The zero-order chi connectivity index (χ0) is 19.6. The van der Waals surface area contributed by atoms with E-state index in [1.807, 2.05) is 6.07 Å². The van der Waals surface area contributed by atoms with E-state index in [9.17, 15) is 15.4 Å². The number of hydrogen-bond acceptors (Lipinski definition) is 9. The van der Waals surface area contributed by atoms with Crippen LogP contribution in [0.4, 0.5) is 17.5 Å². The van der Waals surface area contributed by atoms with Crippen LogP contribution in [0.25, 0.3) is 11.3 Å². The summed E-state index contributed by atoms with van der Waals surface area (Å²) in [6.07, 6.45) is 2.48. The van der Waals surface area contributed by atoms with E-state index >= 15 is 0 Å². The van der Waals surface area contributed by atoms with E-state index in [1.165, 1.54) is 18.0 Å². The van der Waals surface area contributed by atoms with Gasteiger partial charge in [0.15, 0.2) is 0 Å². The third-order valence-electron chi connectivity index (χ3n) is 3.78. The number of methoxy groups -OCH3 is 1. The molecular weight excluding hydrogens is 352 g/mol. The summed E-state index contributed by atoms with van der Waals surface area (Å²) in [6.45, 7) is 0.211. The number of nitrogens with two attached hydrogens (primary N) is 2. The highest BCUT2D eigenvalue weighted by molar-refractivity contribution is 5.74. The van der Waals surface area contributed by atoms with Crippen LogP contribution in [-0.2, 0) is 6.54 Å². The Morgan fingerprint density at radius 3 is 2.78 bits per heavy atom. The second kappa shape index (κ2) is 6.96. The highest BCUT2D eigenvalue weighted by atomic mass is 16.6. The number of benzene rings is 1. The molecule has 0 radical (unpaired) electrons. The van der Waals surface area contributed by atoms with Crippen LogP contribution < -0.4 is 16.2 Å². The minimum Gasteiger partial charge on any atom is -0.496 e. The number of nitrogens with zero attached hydrogens (tertiary/aromatic N) is 6. The van der Waals surface area contributed by atoms with Gasteiger partial charge < -0.3 is 16.2 Å². The molecular formula is C16H14N8O3. The van der Waals surface area contributed by atoms with E-state index in [-0.39, 0.29) is 35.3 Å². The summed E-state index contributed by atoms with van der Waals surface area (Å²) in [7, 11) is 1.51. The lowest BCUT2D eigenvalue weighted by molar-refractivity contribution is -0.385. The summed E-state index contributed by atoms with van der Waals surface area (Å²) in [5, 5.41) is 24.2. The van der Waals surface area contributed by atoms with Gasteiger partial charge >= 0.3 is 5.69 Å². The number of nitriles is 1. The van der Waals surface area contributed by atoms with Crippen molar-refractivity contribution >= 4 is 17.5 Å². The molecule has 0 unspecified atom stereocenters. The summed E-state index contributed by atoms with van der Waals surface area (Å²) in [5.74, 6) is 0.479. The highest BCUT2D eigenvalue weighted by Crippen LogP contribution is 2.30. The lowest BCUT2D eigenvalue weighted by atomic mass is 10.0. The van der Waals surface area contributed by atoms with Gasteiger partial charge in [-0.1, -0.05) is 0 Å². The van der Waals surface area contributed by atoms with Crippen molar-refractivity contribution in [3.05, 3.63) is 51.8 Å². The van der Waals surface area contributed by atoms with E-state index < -0.39 is 4.92 Å². The Balaban J connectivity index is 2.06. The lowest BCUT2D eigenvalue weighted by Gasteiger charge is -2.12. The van der Waals surface area contributed by atoms with Crippen molar-refractivity contribution in [1.82, 2.24) is 19.7 Å². The van der Waals surface area contributed by atoms with Crippen molar-refractivity contribution in [2.24, 2.45) is 0 Å². The average Bonchev–Trinajstić information content (AvgIpc) is 3.10. The van der Waals surface area contributed by atoms with Crippen molar-refractivity contribution in [3.63, 3.8) is 0 Å². The first-order chi connectivity index (χ1) is 12.9. The second-order valence-corrected chi connectivity index (χ2v) is 5.48. The van der Waals surface area contributed by atoms with Crippen LogP contribution in [-0.4, -0.2) is 31.8 Å². The molecule has 0 atom stereocenters. The monoisotopic (exact) mass is 366 g/mol. The van der Waals surface area contributed by atoms with E-state index in [1.54, 1.807) is 18.2 Å². The Bertz CT molecular complexity index is 1070. The quantitative estimate of drug-likeness (QED) is 0.499. The van der Waals surface area contributed by atoms with E-state index in [0.717, 1.165) is 6.20 Å². The van der Waals surface area contributed by atoms with Crippen LogP contribution in [0.5, 0.6) is 5.75 Å². The van der Waals surface area contributed by atoms with Crippen molar-refractivity contribution < 1.29 is 9.66 Å². The zero-order valence-electron chi connectivity index (χ0n) is 14.2. The number of rotatable bonds is 5. The van der Waals surface area contributed by atoms with Crippen LogP contribution in [0.2, 0.25) is 0 Å². The predicted octanol–water partition coefficient (Wildman–Crippen LogP) is 1.34. The first-order valence-electron chi connectivity index (χ1n) is 7.60. The molecule has 27 heavy (non-hydrogen) atoms. The van der Waals surface area contributed by atoms with Crippen LogP contribution in [0.15, 0.2) is 30.6 Å². The molecule has 0 spiro atoms. The SMILES string of the molecule is COc1ccc(-c2nc(N)nc(N)c2C#N)cc1Cn1cc([N+](=O)[O-])cn1. The molecule has 11 nitrogen and oxygen atoms in total. The van der Waals surface area contributed by atoms with Crippen LogP contribution in [0.1, 0.15) is 11.1 Å². The predicted molar refractivity (Wildman–Crippen MR) is 95.5 cm³/mol. The molecule has 2 heterocycles. The van der Waals surface area contributed by atoms with Gasteiger partial charge in [-0.25, -0.2) is 4.98 Å². The third kappa shape index (κ3) is 3.45. The van der Waals surface area contributed by atoms with Gasteiger partial charge in [0.05, 0.1) is 24.3 Å². The maximum absolute atomic E-state index is 10.8. The molecule has 0 aliphatic rings.